The van der Waals surface area contributed by atoms with Gasteiger partial charge in [0.05, 0.1) is 43.0 Å². The molecule has 30 heavy (non-hydrogen) atoms. The van der Waals surface area contributed by atoms with E-state index in [1.165, 1.54) is 0 Å². The standard InChI is InChI=1S/C21H23N7O2/c1-29-13-15-7-5-6-14(25-15)11-24-12-19(28-23)18-10-17(26-21(22)27-18)16-8-3-4-9-20(16)30-2/h3-10,12,23-24H,11,13H2,1-2H3,(H2,22,26,27)/b19-12-,28-23?. The molecular weight excluding hydrogens is 382 g/mol. The average molecular weight is 405 g/mol. The SMILES string of the molecule is COCc1cccc(CN/C=C(\N=N)c2cc(-c3ccccc3OC)nc(N)n2)n1. The van der Waals surface area contributed by atoms with Gasteiger partial charge >= 0.3 is 0 Å². The van der Waals surface area contributed by atoms with Gasteiger partial charge in [0.25, 0.3) is 0 Å². The van der Waals surface area contributed by atoms with Crippen LogP contribution in [0.15, 0.2) is 59.8 Å². The minimum Gasteiger partial charge on any atom is -0.496 e. The molecule has 0 aliphatic rings. The van der Waals surface area contributed by atoms with Gasteiger partial charge in [-0.15, -0.1) is 0 Å². The number of anilines is 1. The van der Waals surface area contributed by atoms with Crippen molar-refractivity contribution in [2.45, 2.75) is 13.2 Å². The normalized spacial score (nSPS) is 11.2. The molecule has 0 unspecified atom stereocenters. The van der Waals surface area contributed by atoms with Crippen LogP contribution in [0.3, 0.4) is 0 Å². The molecule has 2 aromatic heterocycles. The topological polar surface area (TPSA) is 131 Å². The number of aromatic nitrogens is 3. The van der Waals surface area contributed by atoms with Gasteiger partial charge in [-0.1, -0.05) is 18.2 Å². The van der Waals surface area contributed by atoms with Gasteiger partial charge in [-0.25, -0.2) is 15.5 Å². The fraction of sp³-hybridized carbons (Fsp3) is 0.190. The van der Waals surface area contributed by atoms with Crippen molar-refractivity contribution in [1.29, 1.82) is 5.53 Å². The zero-order chi connectivity index (χ0) is 21.3. The van der Waals surface area contributed by atoms with Crippen LogP contribution in [0.4, 0.5) is 5.95 Å². The lowest BCUT2D eigenvalue weighted by Gasteiger charge is -2.10. The molecule has 0 atom stereocenters. The monoisotopic (exact) mass is 405 g/mol. The fourth-order valence-electron chi connectivity index (χ4n) is 2.86. The summed E-state index contributed by atoms with van der Waals surface area (Å²) in [4.78, 5) is 13.0. The van der Waals surface area contributed by atoms with Crippen molar-refractivity contribution < 1.29 is 9.47 Å². The first-order valence-electron chi connectivity index (χ1n) is 9.17. The van der Waals surface area contributed by atoms with Gasteiger partial charge in [0.2, 0.25) is 5.95 Å². The van der Waals surface area contributed by atoms with E-state index in [0.717, 1.165) is 17.0 Å². The van der Waals surface area contributed by atoms with E-state index in [2.05, 4.69) is 25.4 Å². The van der Waals surface area contributed by atoms with Gasteiger partial charge in [-0.05, 0) is 30.3 Å². The van der Waals surface area contributed by atoms with E-state index in [9.17, 15) is 0 Å². The Morgan fingerprint density at radius 3 is 2.67 bits per heavy atom. The van der Waals surface area contributed by atoms with E-state index in [0.29, 0.717) is 36.0 Å². The molecule has 0 saturated heterocycles. The number of hydrogen-bond acceptors (Lipinski definition) is 9. The Labute approximate surface area is 174 Å². The number of pyridine rings is 1. The van der Waals surface area contributed by atoms with Crippen molar-refractivity contribution in [3.63, 3.8) is 0 Å². The van der Waals surface area contributed by atoms with Crippen LogP contribution in [0.2, 0.25) is 0 Å². The van der Waals surface area contributed by atoms with E-state index in [-0.39, 0.29) is 5.95 Å². The van der Waals surface area contributed by atoms with E-state index < -0.39 is 0 Å². The van der Waals surface area contributed by atoms with Crippen molar-refractivity contribution in [3.05, 3.63) is 71.8 Å². The van der Waals surface area contributed by atoms with E-state index in [4.69, 9.17) is 20.7 Å². The first kappa shape index (κ1) is 20.9. The summed E-state index contributed by atoms with van der Waals surface area (Å²) >= 11 is 0. The van der Waals surface area contributed by atoms with Crippen molar-refractivity contribution in [2.75, 3.05) is 20.0 Å². The molecule has 3 rings (SSSR count). The zero-order valence-electron chi connectivity index (χ0n) is 16.8. The Morgan fingerprint density at radius 1 is 1.10 bits per heavy atom. The molecular formula is C21H23N7O2. The van der Waals surface area contributed by atoms with E-state index >= 15 is 0 Å². The molecule has 0 saturated carbocycles. The smallest absolute Gasteiger partial charge is 0.221 e. The second-order valence-electron chi connectivity index (χ2n) is 6.27. The van der Waals surface area contributed by atoms with Gasteiger partial charge in [0.1, 0.15) is 11.4 Å². The number of nitrogen functional groups attached to an aromatic ring is 1. The summed E-state index contributed by atoms with van der Waals surface area (Å²) in [6.45, 7) is 0.902. The van der Waals surface area contributed by atoms with Crippen LogP contribution < -0.4 is 15.8 Å². The highest BCUT2D eigenvalue weighted by Crippen LogP contribution is 2.30. The summed E-state index contributed by atoms with van der Waals surface area (Å²) in [6, 6.07) is 14.9. The number of nitrogens with two attached hydrogens (primary N) is 1. The summed E-state index contributed by atoms with van der Waals surface area (Å²) in [5, 5.41) is 6.70. The maximum Gasteiger partial charge on any atom is 0.221 e. The number of ether oxygens (including phenoxy) is 2. The second kappa shape index (κ2) is 10.1. The Hall–Kier alpha value is -3.85. The van der Waals surface area contributed by atoms with Crippen LogP contribution in [0.5, 0.6) is 5.75 Å². The van der Waals surface area contributed by atoms with Crippen LogP contribution in [-0.2, 0) is 17.9 Å². The third-order valence-electron chi connectivity index (χ3n) is 4.19. The van der Waals surface area contributed by atoms with Crippen molar-refractivity contribution in [1.82, 2.24) is 20.3 Å². The maximum atomic E-state index is 7.55. The van der Waals surface area contributed by atoms with Crippen LogP contribution in [0.1, 0.15) is 17.1 Å². The van der Waals surface area contributed by atoms with Gasteiger partial charge < -0.3 is 20.5 Å². The van der Waals surface area contributed by atoms with Crippen LogP contribution in [-0.4, -0.2) is 29.2 Å². The summed E-state index contributed by atoms with van der Waals surface area (Å²) in [5.74, 6) is 0.743. The molecule has 0 fully saturated rings. The van der Waals surface area contributed by atoms with E-state index in [1.807, 2.05) is 42.5 Å². The Morgan fingerprint density at radius 2 is 1.90 bits per heavy atom. The summed E-state index contributed by atoms with van der Waals surface area (Å²) in [6.07, 6.45) is 1.60. The second-order valence-corrected chi connectivity index (χ2v) is 6.27. The molecule has 0 aliphatic heterocycles. The Bertz CT molecular complexity index is 1050. The highest BCUT2D eigenvalue weighted by Gasteiger charge is 2.12. The summed E-state index contributed by atoms with van der Waals surface area (Å²) < 4.78 is 10.5. The quantitative estimate of drug-likeness (QED) is 0.465. The average Bonchev–Trinajstić information content (AvgIpc) is 2.77. The number of nitrogens with one attached hydrogen (secondary N) is 2. The van der Waals surface area contributed by atoms with Gasteiger partial charge in [-0.3, -0.25) is 4.98 Å². The highest BCUT2D eigenvalue weighted by atomic mass is 16.5. The van der Waals surface area contributed by atoms with Crippen LogP contribution in [0.25, 0.3) is 17.0 Å². The summed E-state index contributed by atoms with van der Waals surface area (Å²) in [7, 11) is 3.22. The van der Waals surface area contributed by atoms with Crippen molar-refractivity contribution in [3.8, 4) is 17.0 Å². The first-order valence-corrected chi connectivity index (χ1v) is 9.17. The summed E-state index contributed by atoms with van der Waals surface area (Å²) in [5.41, 5.74) is 17.2. The molecule has 2 heterocycles. The van der Waals surface area contributed by atoms with Crippen molar-refractivity contribution in [2.24, 2.45) is 5.11 Å². The molecule has 1 aromatic carbocycles. The lowest BCUT2D eigenvalue weighted by atomic mass is 10.1. The predicted octanol–water partition coefficient (Wildman–Crippen LogP) is 3.39. The molecule has 0 aliphatic carbocycles. The maximum absolute atomic E-state index is 7.55. The van der Waals surface area contributed by atoms with Gasteiger partial charge in [0, 0.05) is 18.9 Å². The van der Waals surface area contributed by atoms with E-state index in [1.54, 1.807) is 26.5 Å². The third-order valence-corrected chi connectivity index (χ3v) is 4.19. The van der Waals surface area contributed by atoms with Gasteiger partial charge in [-0.2, -0.15) is 5.11 Å². The number of methoxy groups -OCH3 is 2. The highest BCUT2D eigenvalue weighted by molar-refractivity contribution is 5.72. The molecule has 0 spiro atoms. The lowest BCUT2D eigenvalue weighted by Crippen LogP contribution is -2.09. The van der Waals surface area contributed by atoms with Crippen molar-refractivity contribution >= 4 is 11.6 Å². The Balaban J connectivity index is 1.83. The minimum atomic E-state index is 0.0805. The third kappa shape index (κ3) is 5.15. The molecule has 3 aromatic rings. The van der Waals surface area contributed by atoms with Crippen LogP contribution in [0, 0.1) is 5.53 Å². The number of benzene rings is 1. The molecule has 0 bridgehead atoms. The number of para-hydroxylation sites is 1. The fourth-order valence-corrected chi connectivity index (χ4v) is 2.86. The number of rotatable bonds is 9. The zero-order valence-corrected chi connectivity index (χ0v) is 16.8. The number of nitrogens with zero attached hydrogens (tertiary/aromatic N) is 4. The molecule has 9 nitrogen and oxygen atoms in total. The van der Waals surface area contributed by atoms with Crippen LogP contribution >= 0.6 is 0 Å². The molecule has 4 N–H and O–H groups in total. The Kier molecular flexibility index (Phi) is 7.01. The predicted molar refractivity (Wildman–Crippen MR) is 113 cm³/mol. The minimum absolute atomic E-state index is 0.0805. The molecule has 0 amide bonds. The lowest BCUT2D eigenvalue weighted by molar-refractivity contribution is 0.181. The molecule has 0 radical (unpaired) electrons. The largest absolute Gasteiger partial charge is 0.496 e. The molecule has 9 heteroatoms. The first-order chi connectivity index (χ1) is 14.6. The number of hydrogen-bond donors (Lipinski definition) is 3. The molecule has 154 valence electrons. The van der Waals surface area contributed by atoms with Gasteiger partial charge in [0.15, 0.2) is 0 Å².